The molecular weight excluding hydrogens is 546 g/mol. The van der Waals surface area contributed by atoms with Gasteiger partial charge in [-0.15, -0.1) is 0 Å². The zero-order chi connectivity index (χ0) is 33.2. The van der Waals surface area contributed by atoms with Crippen LogP contribution in [-0.2, 0) is 9.59 Å². The van der Waals surface area contributed by atoms with E-state index in [0.717, 1.165) is 38.6 Å². The largest absolute Gasteiger partial charge is 0.481 e. The smallest absolute Gasteiger partial charge is 0.303 e. The number of unbranched alkanes of at least 4 members (excludes halogenated alkanes) is 22. The van der Waals surface area contributed by atoms with E-state index in [9.17, 15) is 9.59 Å². The number of carboxylic acid groups (broad SMARTS) is 2. The van der Waals surface area contributed by atoms with Crippen LogP contribution in [0.15, 0.2) is 24.3 Å². The Morgan fingerprint density at radius 2 is 0.636 bits per heavy atom. The van der Waals surface area contributed by atoms with Gasteiger partial charge in [-0.25, -0.2) is 0 Å². The van der Waals surface area contributed by atoms with Gasteiger partial charge in [-0.05, 0) is 77.2 Å². The molecule has 0 rings (SSSR count). The summed E-state index contributed by atoms with van der Waals surface area (Å²) in [5, 5.41) is 17.0. The van der Waals surface area contributed by atoms with Gasteiger partial charge >= 0.3 is 11.9 Å². The predicted molar refractivity (Wildman–Crippen MR) is 194 cm³/mol. The van der Waals surface area contributed by atoms with Crippen molar-refractivity contribution in [2.75, 3.05) is 6.54 Å². The van der Waals surface area contributed by atoms with E-state index < -0.39 is 11.9 Å². The summed E-state index contributed by atoms with van der Waals surface area (Å²) in [4.78, 5) is 20.6. The number of carbonyl (C=O) groups is 2. The number of rotatable bonds is 31. The van der Waals surface area contributed by atoms with Gasteiger partial charge in [0.05, 0.1) is 0 Å². The molecule has 0 spiro atoms. The molecule has 0 heterocycles. The first-order valence-corrected chi connectivity index (χ1v) is 18.9. The van der Waals surface area contributed by atoms with Crippen molar-refractivity contribution in [3.63, 3.8) is 0 Å². The number of hydrogen-bond acceptors (Lipinski definition) is 3. The lowest BCUT2D eigenvalue weighted by Gasteiger charge is -1.99. The average Bonchev–Trinajstić information content (AvgIpc) is 3.01. The topological polar surface area (TPSA) is 101 Å². The van der Waals surface area contributed by atoms with E-state index in [0.29, 0.717) is 12.8 Å². The highest BCUT2D eigenvalue weighted by Gasteiger charge is 1.97. The predicted octanol–water partition coefficient (Wildman–Crippen LogP) is 12.6. The Morgan fingerprint density at radius 3 is 0.864 bits per heavy atom. The lowest BCUT2D eigenvalue weighted by molar-refractivity contribution is -0.138. The molecule has 0 aromatic carbocycles. The average molecular weight is 624 g/mol. The first-order valence-electron chi connectivity index (χ1n) is 18.9. The van der Waals surface area contributed by atoms with Crippen LogP contribution in [0.5, 0.6) is 0 Å². The standard InChI is InChI=1S/2C18H34O2.C3H9N/c2*1-2-3-4-5-6-7-8-9-10-11-12-13-14-15-16-17-18(19)20;1-2-3-4/h2*9-10H,2-8,11-17H2,1H3,(H,19,20);2-4H2,1H3/b2*10-9-;. The van der Waals surface area contributed by atoms with Crippen molar-refractivity contribution in [1.82, 2.24) is 0 Å². The van der Waals surface area contributed by atoms with Gasteiger partial charge in [0.1, 0.15) is 0 Å². The maximum atomic E-state index is 10.3. The Morgan fingerprint density at radius 1 is 0.409 bits per heavy atom. The van der Waals surface area contributed by atoms with Crippen molar-refractivity contribution in [3.05, 3.63) is 24.3 Å². The van der Waals surface area contributed by atoms with Gasteiger partial charge in [-0.1, -0.05) is 148 Å². The molecule has 0 saturated carbocycles. The number of aliphatic carboxylic acids is 2. The van der Waals surface area contributed by atoms with Gasteiger partial charge in [0.15, 0.2) is 0 Å². The summed E-state index contributed by atoms with van der Waals surface area (Å²) in [5.41, 5.74) is 5.03. The molecule has 0 atom stereocenters. The number of hydrogen-bond donors (Lipinski definition) is 3. The number of allylic oxidation sites excluding steroid dienone is 4. The fourth-order valence-corrected chi connectivity index (χ4v) is 4.69. The minimum absolute atomic E-state index is 0.332. The van der Waals surface area contributed by atoms with E-state index in [2.05, 4.69) is 45.1 Å². The molecule has 0 radical (unpaired) electrons. The van der Waals surface area contributed by atoms with Crippen LogP contribution in [0.4, 0.5) is 0 Å². The Labute approximate surface area is 274 Å². The quantitative estimate of drug-likeness (QED) is 0.0527. The molecular formula is C39H77NO4. The molecule has 0 fully saturated rings. The third kappa shape index (κ3) is 56.2. The monoisotopic (exact) mass is 624 g/mol. The highest BCUT2D eigenvalue weighted by Crippen LogP contribution is 2.11. The number of carboxylic acids is 2. The van der Waals surface area contributed by atoms with Gasteiger partial charge in [0.2, 0.25) is 0 Å². The van der Waals surface area contributed by atoms with Crippen molar-refractivity contribution in [2.45, 2.75) is 207 Å². The maximum absolute atomic E-state index is 10.3. The number of nitrogens with two attached hydrogens (primary N) is 1. The minimum Gasteiger partial charge on any atom is -0.481 e. The molecule has 0 aromatic rings. The van der Waals surface area contributed by atoms with Crippen LogP contribution in [0.25, 0.3) is 0 Å². The first kappa shape index (κ1) is 46.8. The highest BCUT2D eigenvalue weighted by atomic mass is 16.4. The molecule has 0 amide bonds. The fourth-order valence-electron chi connectivity index (χ4n) is 4.69. The SMILES string of the molecule is CCCCCCCC/C=C\CCCCCCCC(=O)O.CCCCCCCC/C=C\CCCCCCCC(=O)O.CCCN. The second-order valence-electron chi connectivity index (χ2n) is 12.2. The summed E-state index contributed by atoms with van der Waals surface area (Å²) in [5.74, 6) is -1.33. The summed E-state index contributed by atoms with van der Waals surface area (Å²) in [6, 6.07) is 0. The molecule has 4 N–H and O–H groups in total. The summed E-state index contributed by atoms with van der Waals surface area (Å²) in [6.45, 7) is 7.39. The molecule has 0 bridgehead atoms. The zero-order valence-corrected chi connectivity index (χ0v) is 29.8. The molecule has 0 unspecified atom stereocenters. The summed E-state index contributed by atoms with van der Waals surface area (Å²) in [6.07, 6.45) is 43.6. The molecule has 5 nitrogen and oxygen atoms in total. The Hall–Kier alpha value is -1.62. The van der Waals surface area contributed by atoms with Crippen LogP contribution in [0.1, 0.15) is 207 Å². The normalized spacial score (nSPS) is 10.9. The molecule has 0 aliphatic rings. The van der Waals surface area contributed by atoms with E-state index in [4.69, 9.17) is 15.9 Å². The fraction of sp³-hybridized carbons (Fsp3) is 0.846. The van der Waals surface area contributed by atoms with E-state index in [1.807, 2.05) is 0 Å². The Balaban J connectivity index is -0.000000680. The minimum atomic E-state index is -0.664. The third-order valence-electron chi connectivity index (χ3n) is 7.59. The highest BCUT2D eigenvalue weighted by molar-refractivity contribution is 5.66. The lowest BCUT2D eigenvalue weighted by Crippen LogP contribution is -1.93. The molecule has 0 saturated heterocycles. The van der Waals surface area contributed by atoms with Crippen molar-refractivity contribution in [3.8, 4) is 0 Å². The first-order chi connectivity index (χ1) is 21.5. The maximum Gasteiger partial charge on any atom is 0.303 e. The molecule has 5 heteroatoms. The van der Waals surface area contributed by atoms with Crippen LogP contribution in [0.3, 0.4) is 0 Å². The summed E-state index contributed by atoms with van der Waals surface area (Å²) >= 11 is 0. The van der Waals surface area contributed by atoms with E-state index >= 15 is 0 Å². The molecule has 0 aromatic heterocycles. The second kappa shape index (κ2) is 45.8. The van der Waals surface area contributed by atoms with Crippen molar-refractivity contribution in [2.24, 2.45) is 5.73 Å². The molecule has 262 valence electrons. The Kier molecular flexibility index (Phi) is 48.7. The van der Waals surface area contributed by atoms with Gasteiger partial charge in [0.25, 0.3) is 0 Å². The Bertz CT molecular complexity index is 551. The van der Waals surface area contributed by atoms with Crippen LogP contribution < -0.4 is 5.73 Å². The van der Waals surface area contributed by atoms with Crippen molar-refractivity contribution < 1.29 is 19.8 Å². The summed E-state index contributed by atoms with van der Waals surface area (Å²) in [7, 11) is 0. The summed E-state index contributed by atoms with van der Waals surface area (Å²) < 4.78 is 0. The lowest BCUT2D eigenvalue weighted by atomic mass is 10.1. The molecule has 0 aliphatic carbocycles. The van der Waals surface area contributed by atoms with Crippen LogP contribution in [0, 0.1) is 0 Å². The zero-order valence-electron chi connectivity index (χ0n) is 29.8. The van der Waals surface area contributed by atoms with Gasteiger partial charge in [0, 0.05) is 12.8 Å². The van der Waals surface area contributed by atoms with E-state index in [-0.39, 0.29) is 0 Å². The molecule has 0 aliphatic heterocycles. The van der Waals surface area contributed by atoms with Crippen molar-refractivity contribution >= 4 is 11.9 Å². The van der Waals surface area contributed by atoms with Gasteiger partial charge < -0.3 is 15.9 Å². The van der Waals surface area contributed by atoms with E-state index in [1.54, 1.807) is 0 Å². The van der Waals surface area contributed by atoms with Crippen LogP contribution in [0.2, 0.25) is 0 Å². The van der Waals surface area contributed by atoms with Gasteiger partial charge in [-0.3, -0.25) is 9.59 Å². The second-order valence-corrected chi connectivity index (χ2v) is 12.2. The van der Waals surface area contributed by atoms with Crippen LogP contribution >= 0.6 is 0 Å². The third-order valence-corrected chi connectivity index (χ3v) is 7.59. The van der Waals surface area contributed by atoms with Crippen LogP contribution in [-0.4, -0.2) is 28.7 Å². The van der Waals surface area contributed by atoms with Gasteiger partial charge in [-0.2, -0.15) is 0 Å². The van der Waals surface area contributed by atoms with Crippen molar-refractivity contribution in [1.29, 1.82) is 0 Å². The molecule has 44 heavy (non-hydrogen) atoms. The van der Waals surface area contributed by atoms with E-state index in [1.165, 1.54) is 141 Å².